The Kier molecular flexibility index (Phi) is 51.7. The van der Waals surface area contributed by atoms with E-state index in [0.717, 1.165) is 41.7 Å². The molecule has 0 saturated heterocycles. The summed E-state index contributed by atoms with van der Waals surface area (Å²) in [6, 6.07) is 81.5. The molecule has 15 rings (SSSR count). The van der Waals surface area contributed by atoms with Crippen molar-refractivity contribution in [1.29, 1.82) is 0 Å². The predicted molar refractivity (Wildman–Crippen MR) is 531 cm³/mol. The average molecular weight is 1630 g/mol. The van der Waals surface area contributed by atoms with Crippen LogP contribution in [-0.4, -0.2) is 16.9 Å². The first-order valence-corrected chi connectivity index (χ1v) is 46.4. The van der Waals surface area contributed by atoms with Crippen molar-refractivity contribution in [3.05, 3.63) is 276 Å². The Morgan fingerprint density at radius 1 is 0.407 bits per heavy atom. The second-order valence-electron chi connectivity index (χ2n) is 28.2. The largest absolute Gasteiger partial charge is 0.464 e. The van der Waals surface area contributed by atoms with E-state index >= 15 is 0 Å². The molecule has 2 N–H and O–H groups in total. The molecule has 0 fully saturated rings. The van der Waals surface area contributed by atoms with Crippen LogP contribution in [0.2, 0.25) is 0 Å². The van der Waals surface area contributed by atoms with Crippen LogP contribution >= 0.6 is 22.7 Å². The molecule has 6 atom stereocenters. The SMILES string of the molecule is CC.CC.CC.CC.CC.CC.CC.CCC(C)(C)C(=O)Oc1ccccc1.CCC(C)C(=O)Nc1ccccc1.CCC(C)c1ccc2c(c1)oc1ccccc12.CCC(C)c1ccc2ccoc2c1.CCC(C)c1ccc2sccc2c1.CCC(C)c1cccc2[nH]c3ccccc3c12.CCC(C)c1cccc2c1sc1ccccc12. The predicted octanol–water partition coefficient (Wildman–Crippen LogP) is 36.7. The van der Waals surface area contributed by atoms with Crippen molar-refractivity contribution in [3.63, 3.8) is 0 Å². The zero-order chi connectivity index (χ0) is 88.3. The molecule has 1 amide bonds. The summed E-state index contributed by atoms with van der Waals surface area (Å²) in [7, 11) is 0. The lowest BCUT2D eigenvalue weighted by Crippen LogP contribution is -2.28. The number of benzene rings is 10. The van der Waals surface area contributed by atoms with E-state index in [2.05, 4.69) is 243 Å². The first-order valence-electron chi connectivity index (χ1n) is 44.7. The number of thiophene rings is 2. The summed E-state index contributed by atoms with van der Waals surface area (Å²) in [5, 5.41) is 15.6. The Morgan fingerprint density at radius 3 is 1.47 bits per heavy atom. The molecule has 7 nitrogen and oxygen atoms in total. The Balaban J connectivity index is 0.000000456. The summed E-state index contributed by atoms with van der Waals surface area (Å²) in [6.07, 6.45) is 9.32. The van der Waals surface area contributed by atoms with Crippen LogP contribution in [0.4, 0.5) is 5.69 Å². The first-order chi connectivity index (χ1) is 57.3. The maximum Gasteiger partial charge on any atom is 0.316 e. The number of anilines is 1. The molecule has 0 aliphatic heterocycles. The van der Waals surface area contributed by atoms with Gasteiger partial charge in [-0.1, -0.05) is 345 Å². The quantitative estimate of drug-likeness (QED) is 0.0742. The Morgan fingerprint density at radius 2 is 0.881 bits per heavy atom. The van der Waals surface area contributed by atoms with Gasteiger partial charge in [-0.25, -0.2) is 0 Å². The fourth-order valence-electron chi connectivity index (χ4n) is 12.1. The van der Waals surface area contributed by atoms with Gasteiger partial charge in [-0.15, -0.1) is 22.7 Å². The number of hydrogen-bond acceptors (Lipinski definition) is 7. The molecule has 6 unspecified atom stereocenters. The molecule has 10 aromatic carbocycles. The van der Waals surface area contributed by atoms with Crippen LogP contribution in [0.5, 0.6) is 5.75 Å². The summed E-state index contributed by atoms with van der Waals surface area (Å²) < 4.78 is 20.7. The number of hydrogen-bond donors (Lipinski definition) is 2. The lowest BCUT2D eigenvalue weighted by Gasteiger charge is -2.19. The van der Waals surface area contributed by atoms with E-state index in [1.165, 1.54) is 122 Å². The molecule has 0 radical (unpaired) electrons. The van der Waals surface area contributed by atoms with Crippen LogP contribution in [-0.2, 0) is 9.59 Å². The number of rotatable bonds is 16. The van der Waals surface area contributed by atoms with Crippen molar-refractivity contribution in [2.45, 2.75) is 275 Å². The molecule has 118 heavy (non-hydrogen) atoms. The lowest BCUT2D eigenvalue weighted by molar-refractivity contribution is -0.144. The van der Waals surface area contributed by atoms with E-state index in [0.29, 0.717) is 35.3 Å². The number of aromatic amines is 1. The fraction of sp³-hybridized carbons (Fsp3) is 0.394. The highest BCUT2D eigenvalue weighted by Gasteiger charge is 2.27. The van der Waals surface area contributed by atoms with Gasteiger partial charge in [0.25, 0.3) is 0 Å². The number of furan rings is 2. The minimum atomic E-state index is -0.407. The van der Waals surface area contributed by atoms with Crippen LogP contribution in [0.25, 0.3) is 85.0 Å². The number of H-pyrrole nitrogens is 1. The van der Waals surface area contributed by atoms with Gasteiger partial charge in [0, 0.05) is 74.4 Å². The maximum atomic E-state index is 11.6. The van der Waals surface area contributed by atoms with Crippen molar-refractivity contribution in [3.8, 4) is 5.75 Å². The number of carbonyl (C=O) groups excluding carboxylic acids is 2. The Hall–Kier alpha value is -9.54. The smallest absolute Gasteiger partial charge is 0.316 e. The molecule has 0 aliphatic carbocycles. The summed E-state index contributed by atoms with van der Waals surface area (Å²) in [6.45, 7) is 60.3. The van der Waals surface area contributed by atoms with Crippen LogP contribution in [0.15, 0.2) is 257 Å². The number of esters is 1. The summed E-state index contributed by atoms with van der Waals surface area (Å²) in [5.41, 5.74) is 13.1. The monoisotopic (exact) mass is 1630 g/mol. The number of fused-ring (bicyclic) bond motifs is 11. The van der Waals surface area contributed by atoms with Gasteiger partial charge >= 0.3 is 5.97 Å². The Labute approximate surface area is 722 Å². The van der Waals surface area contributed by atoms with E-state index in [1.807, 2.05) is 221 Å². The topological polar surface area (TPSA) is 97.5 Å². The lowest BCUT2D eigenvalue weighted by atomic mass is 9.91. The minimum absolute atomic E-state index is 0.0835. The standard InChI is InChI=1S/C16H17N.C16H16O.C16H16S.C12H16O2.C12H14O.C12H14S.C11H15NO.7C2H6/c1-3-11(2)12-8-6-10-15-16(12)13-7-4-5-9-14(13)17-15;1-3-11(2)12-8-9-14-13-6-4-5-7-15(13)17-16(14)10-12;1-3-11(2)12-8-6-9-14-13-7-4-5-10-15(13)17-16(12)14;1-4-12(2,3)11(13)14-10-8-6-5-7-9-10;1-3-9(2)11-5-4-10-6-7-13-12(10)8-11;1-3-9(2)10-4-5-12-11(8-10)6-7-13-12;1-3-9(2)11(13)12-10-7-5-4-6-8-10;7*1-2/h4-11,17H,3H2,1-2H3;2*4-11H,3H2,1-2H3;5-9H,4H2,1-3H3;2*4-9H,3H2,1-2H3;4-9H,3H2,1-2H3,(H,12,13);7*1-2H3. The highest BCUT2D eigenvalue weighted by molar-refractivity contribution is 7.26. The number of amides is 1. The van der Waals surface area contributed by atoms with Crippen molar-refractivity contribution in [2.75, 3.05) is 5.32 Å². The van der Waals surface area contributed by atoms with E-state index < -0.39 is 5.41 Å². The molecule has 5 heterocycles. The van der Waals surface area contributed by atoms with Gasteiger partial charge < -0.3 is 23.9 Å². The van der Waals surface area contributed by atoms with Gasteiger partial charge in [0.1, 0.15) is 22.5 Å². The van der Waals surface area contributed by atoms with Gasteiger partial charge in [0.05, 0.1) is 11.7 Å². The van der Waals surface area contributed by atoms with Gasteiger partial charge in [-0.05, 0) is 206 Å². The van der Waals surface area contributed by atoms with E-state index in [-0.39, 0.29) is 17.8 Å². The minimum Gasteiger partial charge on any atom is -0.464 e. The van der Waals surface area contributed by atoms with E-state index in [9.17, 15) is 9.59 Å². The zero-order valence-corrected chi connectivity index (χ0v) is 79.6. The molecule has 0 aliphatic rings. The molecule has 0 saturated carbocycles. The molecule has 0 bridgehead atoms. The van der Waals surface area contributed by atoms with Crippen molar-refractivity contribution < 1.29 is 23.2 Å². The van der Waals surface area contributed by atoms with E-state index in [1.54, 1.807) is 18.4 Å². The van der Waals surface area contributed by atoms with Gasteiger partial charge in [-0.3, -0.25) is 9.59 Å². The third-order valence-electron chi connectivity index (χ3n) is 20.7. The Bertz CT molecular complexity index is 5060. The molecule has 9 heteroatoms. The highest BCUT2D eigenvalue weighted by Crippen LogP contribution is 2.40. The maximum absolute atomic E-state index is 11.6. The third-order valence-corrected chi connectivity index (χ3v) is 22.8. The molecule has 5 aromatic heterocycles. The molecule has 15 aromatic rings. The summed E-state index contributed by atoms with van der Waals surface area (Å²) in [4.78, 5) is 26.6. The second-order valence-corrected chi connectivity index (χ2v) is 30.2. The van der Waals surface area contributed by atoms with Crippen LogP contribution < -0.4 is 10.1 Å². The van der Waals surface area contributed by atoms with Crippen molar-refractivity contribution in [1.82, 2.24) is 4.98 Å². The number of aromatic nitrogens is 1. The molecular formula is C109H150N2O5S2. The van der Waals surface area contributed by atoms with Crippen LogP contribution in [0.3, 0.4) is 0 Å². The van der Waals surface area contributed by atoms with Gasteiger partial charge in [-0.2, -0.15) is 0 Å². The zero-order valence-electron chi connectivity index (χ0n) is 77.9. The highest BCUT2D eigenvalue weighted by atomic mass is 32.1. The normalized spacial score (nSPS) is 11.7. The second kappa shape index (κ2) is 58.4. The number of carbonyl (C=O) groups is 2. The number of para-hydroxylation sites is 4. The fourth-order valence-corrected chi connectivity index (χ4v) is 14.2. The average Bonchev–Trinajstić information content (AvgIpc) is 1.63. The summed E-state index contributed by atoms with van der Waals surface area (Å²) >= 11 is 3.75. The van der Waals surface area contributed by atoms with Gasteiger partial charge in [0.2, 0.25) is 5.91 Å². The third kappa shape index (κ3) is 31.0. The molecular weight excluding hydrogens is 1480 g/mol. The first kappa shape index (κ1) is 105. The number of nitrogens with one attached hydrogen (secondary N) is 2. The molecule has 638 valence electrons. The van der Waals surface area contributed by atoms with Crippen LogP contribution in [0.1, 0.15) is 303 Å². The van der Waals surface area contributed by atoms with Crippen LogP contribution in [0, 0.1) is 11.3 Å². The molecule has 0 spiro atoms. The van der Waals surface area contributed by atoms with Crippen molar-refractivity contribution >= 4 is 125 Å². The van der Waals surface area contributed by atoms with E-state index in [4.69, 9.17) is 13.6 Å². The van der Waals surface area contributed by atoms with Crippen molar-refractivity contribution in [2.24, 2.45) is 11.3 Å². The van der Waals surface area contributed by atoms with Gasteiger partial charge in [0.15, 0.2) is 0 Å². The number of ether oxygens (including phenoxy) is 1. The summed E-state index contributed by atoms with van der Waals surface area (Å²) in [5.74, 6) is 3.76.